The van der Waals surface area contributed by atoms with Crippen LogP contribution in [-0.2, 0) is 0 Å². The number of rotatable bonds is 1. The molecule has 2 rings (SSSR count). The summed E-state index contributed by atoms with van der Waals surface area (Å²) in [5, 5.41) is 1.22. The first-order valence-electron chi connectivity index (χ1n) is 4.21. The molecule has 0 bridgehead atoms. The van der Waals surface area contributed by atoms with E-state index in [1.165, 1.54) is 15.8 Å². The van der Waals surface area contributed by atoms with Crippen LogP contribution in [0.2, 0.25) is 0 Å². The molecule has 0 amide bonds. The summed E-state index contributed by atoms with van der Waals surface area (Å²) in [5.41, 5.74) is 2.40. The van der Waals surface area contributed by atoms with Crippen LogP contribution in [0, 0.1) is 6.92 Å². The molecule has 0 saturated heterocycles. The number of hydrogen-bond donors (Lipinski definition) is 0. The number of fused-ring (bicyclic) bond motifs is 1. The van der Waals surface area contributed by atoms with E-state index >= 15 is 0 Å². The molecule has 1 nitrogen and oxygen atoms in total. The zero-order valence-corrected chi connectivity index (χ0v) is 8.56. The highest BCUT2D eigenvalue weighted by Gasteiger charge is 2.01. The molecule has 0 saturated carbocycles. The van der Waals surface area contributed by atoms with E-state index in [4.69, 9.17) is 0 Å². The molecule has 1 aromatic carbocycles. The van der Waals surface area contributed by atoms with Gasteiger partial charge in [0.2, 0.25) is 0 Å². The summed E-state index contributed by atoms with van der Waals surface area (Å²) in [6.07, 6.45) is 3.94. The molecule has 0 N–H and O–H groups in total. The maximum atomic E-state index is 4.38. The van der Waals surface area contributed by atoms with Crippen LogP contribution in [0.3, 0.4) is 0 Å². The van der Waals surface area contributed by atoms with Gasteiger partial charge < -0.3 is 0 Å². The first-order valence-corrected chi connectivity index (χ1v) is 5.43. The second-order valence-corrected chi connectivity index (χ2v) is 3.82. The standard InChI is InChI=1S/C11H11NS/c1-8-10(13-2)6-5-9-4-3-7-12-11(8)9/h3-7H,1-2H3. The minimum Gasteiger partial charge on any atom is -0.256 e. The molecule has 0 atom stereocenters. The molecule has 0 aliphatic heterocycles. The second-order valence-electron chi connectivity index (χ2n) is 2.97. The normalized spacial score (nSPS) is 10.6. The second kappa shape index (κ2) is 3.38. The molecule has 66 valence electrons. The highest BCUT2D eigenvalue weighted by atomic mass is 32.2. The molecule has 0 aliphatic rings. The van der Waals surface area contributed by atoms with Crippen molar-refractivity contribution in [3.8, 4) is 0 Å². The number of nitrogens with zero attached hydrogens (tertiary/aromatic N) is 1. The van der Waals surface area contributed by atoms with Gasteiger partial charge in [-0.1, -0.05) is 12.1 Å². The topological polar surface area (TPSA) is 12.9 Å². The quantitative estimate of drug-likeness (QED) is 0.639. The molecule has 0 unspecified atom stereocenters. The van der Waals surface area contributed by atoms with Gasteiger partial charge in [0.05, 0.1) is 5.52 Å². The van der Waals surface area contributed by atoms with Crippen LogP contribution >= 0.6 is 11.8 Å². The van der Waals surface area contributed by atoms with E-state index in [-0.39, 0.29) is 0 Å². The minimum absolute atomic E-state index is 1.12. The third-order valence-electron chi connectivity index (χ3n) is 2.20. The largest absolute Gasteiger partial charge is 0.256 e. The summed E-state index contributed by atoms with van der Waals surface area (Å²) in [6, 6.07) is 8.35. The van der Waals surface area contributed by atoms with Crippen LogP contribution in [0.15, 0.2) is 35.4 Å². The van der Waals surface area contributed by atoms with Crippen LogP contribution in [0.1, 0.15) is 5.56 Å². The van der Waals surface area contributed by atoms with Crippen molar-refractivity contribution < 1.29 is 0 Å². The Bertz CT molecular complexity index is 437. The summed E-state index contributed by atoms with van der Waals surface area (Å²) in [7, 11) is 0. The Morgan fingerprint density at radius 3 is 2.85 bits per heavy atom. The first-order chi connectivity index (χ1) is 6.33. The third kappa shape index (κ3) is 1.42. The van der Waals surface area contributed by atoms with E-state index < -0.39 is 0 Å². The van der Waals surface area contributed by atoms with E-state index in [0.717, 1.165) is 5.52 Å². The van der Waals surface area contributed by atoms with Gasteiger partial charge in [0.15, 0.2) is 0 Å². The van der Waals surface area contributed by atoms with E-state index in [2.05, 4.69) is 36.4 Å². The maximum absolute atomic E-state index is 4.38. The van der Waals surface area contributed by atoms with Crippen LogP contribution in [0.25, 0.3) is 10.9 Å². The van der Waals surface area contributed by atoms with Crippen molar-refractivity contribution in [3.05, 3.63) is 36.0 Å². The molecular weight excluding hydrogens is 178 g/mol. The van der Waals surface area contributed by atoms with Crippen LogP contribution in [-0.4, -0.2) is 11.2 Å². The van der Waals surface area contributed by atoms with Gasteiger partial charge in [0.25, 0.3) is 0 Å². The van der Waals surface area contributed by atoms with Crippen molar-refractivity contribution >= 4 is 22.7 Å². The smallest absolute Gasteiger partial charge is 0.0742 e. The molecule has 0 fully saturated rings. The fraction of sp³-hybridized carbons (Fsp3) is 0.182. The fourth-order valence-electron chi connectivity index (χ4n) is 1.49. The molecule has 2 aromatic rings. The lowest BCUT2D eigenvalue weighted by Gasteiger charge is -2.05. The predicted molar refractivity (Wildman–Crippen MR) is 58.3 cm³/mol. The van der Waals surface area contributed by atoms with Crippen molar-refractivity contribution in [3.63, 3.8) is 0 Å². The van der Waals surface area contributed by atoms with Crippen molar-refractivity contribution in [2.24, 2.45) is 0 Å². The lowest BCUT2D eigenvalue weighted by Crippen LogP contribution is -1.84. The Morgan fingerprint density at radius 1 is 1.23 bits per heavy atom. The molecule has 0 aliphatic carbocycles. The summed E-state index contributed by atoms with van der Waals surface area (Å²) < 4.78 is 0. The van der Waals surface area contributed by atoms with Gasteiger partial charge in [0.1, 0.15) is 0 Å². The highest BCUT2D eigenvalue weighted by molar-refractivity contribution is 7.98. The summed E-state index contributed by atoms with van der Waals surface area (Å²) in [5.74, 6) is 0. The number of aryl methyl sites for hydroxylation is 1. The van der Waals surface area contributed by atoms with Gasteiger partial charge in [-0.25, -0.2) is 0 Å². The monoisotopic (exact) mass is 189 g/mol. The first kappa shape index (κ1) is 8.57. The Hall–Kier alpha value is -1.02. The number of benzene rings is 1. The van der Waals surface area contributed by atoms with Crippen LogP contribution in [0.4, 0.5) is 0 Å². The van der Waals surface area contributed by atoms with Crippen molar-refractivity contribution in [2.45, 2.75) is 11.8 Å². The van der Waals surface area contributed by atoms with E-state index in [1.807, 2.05) is 12.3 Å². The maximum Gasteiger partial charge on any atom is 0.0742 e. The van der Waals surface area contributed by atoms with E-state index in [1.54, 1.807) is 11.8 Å². The molecule has 13 heavy (non-hydrogen) atoms. The molecular formula is C11H11NS. The summed E-state index contributed by atoms with van der Waals surface area (Å²) in [6.45, 7) is 2.13. The summed E-state index contributed by atoms with van der Waals surface area (Å²) in [4.78, 5) is 5.69. The summed E-state index contributed by atoms with van der Waals surface area (Å²) >= 11 is 1.77. The number of aromatic nitrogens is 1. The molecule has 1 aromatic heterocycles. The fourth-order valence-corrected chi connectivity index (χ4v) is 2.10. The van der Waals surface area contributed by atoms with Crippen LogP contribution in [0.5, 0.6) is 0 Å². The Kier molecular flexibility index (Phi) is 2.23. The van der Waals surface area contributed by atoms with Gasteiger partial charge in [-0.3, -0.25) is 4.98 Å². The van der Waals surface area contributed by atoms with Gasteiger partial charge in [-0.15, -0.1) is 11.8 Å². The average molecular weight is 189 g/mol. The van der Waals surface area contributed by atoms with E-state index in [9.17, 15) is 0 Å². The Balaban J connectivity index is 2.79. The zero-order valence-electron chi connectivity index (χ0n) is 7.74. The average Bonchev–Trinajstić information content (AvgIpc) is 2.19. The third-order valence-corrected chi connectivity index (χ3v) is 3.08. The lowest BCUT2D eigenvalue weighted by molar-refractivity contribution is 1.29. The molecule has 2 heteroatoms. The number of thioether (sulfide) groups is 1. The highest BCUT2D eigenvalue weighted by Crippen LogP contribution is 2.25. The van der Waals surface area contributed by atoms with Crippen LogP contribution < -0.4 is 0 Å². The predicted octanol–water partition coefficient (Wildman–Crippen LogP) is 3.27. The van der Waals surface area contributed by atoms with Gasteiger partial charge in [0, 0.05) is 16.5 Å². The van der Waals surface area contributed by atoms with Gasteiger partial charge in [-0.2, -0.15) is 0 Å². The number of pyridine rings is 1. The molecule has 1 heterocycles. The van der Waals surface area contributed by atoms with Gasteiger partial charge >= 0.3 is 0 Å². The zero-order chi connectivity index (χ0) is 9.26. The lowest BCUT2D eigenvalue weighted by atomic mass is 10.1. The molecule has 0 radical (unpaired) electrons. The van der Waals surface area contributed by atoms with Crippen molar-refractivity contribution in [1.29, 1.82) is 0 Å². The Labute approximate surface area is 82.2 Å². The van der Waals surface area contributed by atoms with Crippen molar-refractivity contribution in [2.75, 3.05) is 6.26 Å². The van der Waals surface area contributed by atoms with Gasteiger partial charge in [-0.05, 0) is 30.9 Å². The Morgan fingerprint density at radius 2 is 2.08 bits per heavy atom. The minimum atomic E-state index is 1.12. The van der Waals surface area contributed by atoms with Crippen molar-refractivity contribution in [1.82, 2.24) is 4.98 Å². The molecule has 0 spiro atoms. The SMILES string of the molecule is CSc1ccc2cccnc2c1C. The number of hydrogen-bond acceptors (Lipinski definition) is 2. The van der Waals surface area contributed by atoms with E-state index in [0.29, 0.717) is 0 Å².